The first-order valence-corrected chi connectivity index (χ1v) is 7.69. The number of furan rings is 1. The van der Waals surface area contributed by atoms with Gasteiger partial charge < -0.3 is 15.1 Å². The van der Waals surface area contributed by atoms with E-state index in [9.17, 15) is 4.79 Å². The van der Waals surface area contributed by atoms with Gasteiger partial charge in [0.15, 0.2) is 0 Å². The number of hydrogen-bond acceptors (Lipinski definition) is 3. The molecular weight excluding hydrogens is 252 g/mol. The molecule has 4 nitrogen and oxygen atoms in total. The molecule has 0 aliphatic heterocycles. The third kappa shape index (κ3) is 3.63. The molecule has 0 saturated heterocycles. The minimum Gasteiger partial charge on any atom is -0.467 e. The van der Waals surface area contributed by atoms with E-state index >= 15 is 0 Å². The zero-order chi connectivity index (χ0) is 14.4. The lowest BCUT2D eigenvalue weighted by Crippen LogP contribution is -2.40. The van der Waals surface area contributed by atoms with Gasteiger partial charge in [-0.1, -0.05) is 19.3 Å². The molecule has 0 spiro atoms. The molecule has 1 aliphatic carbocycles. The lowest BCUT2D eigenvalue weighted by molar-refractivity contribution is -0.134. The van der Waals surface area contributed by atoms with Crippen molar-refractivity contribution in [2.24, 2.45) is 11.1 Å². The van der Waals surface area contributed by atoms with E-state index in [2.05, 4.69) is 0 Å². The second-order valence-electron chi connectivity index (χ2n) is 5.93. The fourth-order valence-corrected chi connectivity index (χ4v) is 3.15. The lowest BCUT2D eigenvalue weighted by Gasteiger charge is -2.37. The van der Waals surface area contributed by atoms with Crippen LogP contribution in [0.2, 0.25) is 0 Å². The first-order valence-electron chi connectivity index (χ1n) is 7.69. The van der Waals surface area contributed by atoms with Crippen molar-refractivity contribution in [1.82, 2.24) is 4.90 Å². The summed E-state index contributed by atoms with van der Waals surface area (Å²) in [5.41, 5.74) is 6.01. The van der Waals surface area contributed by atoms with E-state index in [0.717, 1.165) is 18.6 Å². The lowest BCUT2D eigenvalue weighted by atomic mass is 9.71. The van der Waals surface area contributed by atoms with Crippen molar-refractivity contribution in [1.29, 1.82) is 0 Å². The van der Waals surface area contributed by atoms with E-state index in [1.807, 2.05) is 24.0 Å². The summed E-state index contributed by atoms with van der Waals surface area (Å²) >= 11 is 0. The molecule has 1 aliphatic rings. The van der Waals surface area contributed by atoms with E-state index in [0.29, 0.717) is 26.1 Å². The van der Waals surface area contributed by atoms with Crippen LogP contribution in [-0.2, 0) is 11.3 Å². The van der Waals surface area contributed by atoms with E-state index in [1.165, 1.54) is 19.3 Å². The number of nitrogens with zero attached hydrogens (tertiary/aromatic N) is 1. The average Bonchev–Trinajstić information content (AvgIpc) is 2.98. The Morgan fingerprint density at radius 1 is 1.40 bits per heavy atom. The topological polar surface area (TPSA) is 59.5 Å². The third-order valence-electron chi connectivity index (χ3n) is 4.53. The molecule has 1 aromatic rings. The van der Waals surface area contributed by atoms with Crippen molar-refractivity contribution in [3.63, 3.8) is 0 Å². The normalized spacial score (nSPS) is 17.9. The molecule has 0 aromatic carbocycles. The van der Waals surface area contributed by atoms with E-state index in [-0.39, 0.29) is 11.3 Å². The zero-order valence-corrected chi connectivity index (χ0v) is 12.4. The molecule has 0 unspecified atom stereocenters. The summed E-state index contributed by atoms with van der Waals surface area (Å²) in [6.45, 7) is 3.90. The summed E-state index contributed by atoms with van der Waals surface area (Å²) in [5.74, 6) is 1.04. The first kappa shape index (κ1) is 15.1. The molecule has 112 valence electrons. The maximum absolute atomic E-state index is 12.6. The zero-order valence-electron chi connectivity index (χ0n) is 12.4. The van der Waals surface area contributed by atoms with Crippen LogP contribution in [0.15, 0.2) is 22.8 Å². The Bertz CT molecular complexity index is 408. The third-order valence-corrected chi connectivity index (χ3v) is 4.53. The molecule has 1 heterocycles. The highest BCUT2D eigenvalue weighted by Crippen LogP contribution is 2.38. The minimum absolute atomic E-state index is 0.0336. The van der Waals surface area contributed by atoms with Crippen LogP contribution >= 0.6 is 0 Å². The van der Waals surface area contributed by atoms with Crippen molar-refractivity contribution in [3.8, 4) is 0 Å². The smallest absolute Gasteiger partial charge is 0.223 e. The van der Waals surface area contributed by atoms with Crippen LogP contribution in [0.3, 0.4) is 0 Å². The van der Waals surface area contributed by atoms with E-state index in [1.54, 1.807) is 6.26 Å². The van der Waals surface area contributed by atoms with Gasteiger partial charge in [0.05, 0.1) is 12.8 Å². The summed E-state index contributed by atoms with van der Waals surface area (Å²) in [5, 5.41) is 0. The summed E-state index contributed by atoms with van der Waals surface area (Å²) in [4.78, 5) is 14.4. The standard InChI is InChI=1S/C16H26N2O2/c1-2-18(12-14-7-6-10-20-14)15(19)11-16(13-17)8-4-3-5-9-16/h6-7,10H,2-5,8-9,11-13,17H2,1H3. The van der Waals surface area contributed by atoms with Gasteiger partial charge in [-0.25, -0.2) is 0 Å². The van der Waals surface area contributed by atoms with Gasteiger partial charge in [-0.3, -0.25) is 4.79 Å². The monoisotopic (exact) mass is 278 g/mol. The van der Waals surface area contributed by atoms with Crippen LogP contribution in [0.25, 0.3) is 0 Å². The van der Waals surface area contributed by atoms with Crippen molar-refractivity contribution in [2.75, 3.05) is 13.1 Å². The highest BCUT2D eigenvalue weighted by Gasteiger charge is 2.34. The average molecular weight is 278 g/mol. The molecule has 0 bridgehead atoms. The fraction of sp³-hybridized carbons (Fsp3) is 0.688. The van der Waals surface area contributed by atoms with Crippen LogP contribution in [0.1, 0.15) is 51.2 Å². The maximum atomic E-state index is 12.6. The van der Waals surface area contributed by atoms with Gasteiger partial charge in [0.25, 0.3) is 0 Å². The Hall–Kier alpha value is -1.29. The van der Waals surface area contributed by atoms with Crippen LogP contribution in [0.5, 0.6) is 0 Å². The highest BCUT2D eigenvalue weighted by molar-refractivity contribution is 5.77. The second-order valence-corrected chi connectivity index (χ2v) is 5.93. The van der Waals surface area contributed by atoms with E-state index in [4.69, 9.17) is 10.2 Å². The van der Waals surface area contributed by atoms with Crippen LogP contribution < -0.4 is 5.73 Å². The molecule has 1 fully saturated rings. The van der Waals surface area contributed by atoms with Gasteiger partial charge in [-0.2, -0.15) is 0 Å². The van der Waals surface area contributed by atoms with Crippen LogP contribution in [-0.4, -0.2) is 23.9 Å². The fourth-order valence-electron chi connectivity index (χ4n) is 3.15. The Kier molecular flexibility index (Phi) is 5.24. The molecular formula is C16H26N2O2. The molecule has 2 N–H and O–H groups in total. The second kappa shape index (κ2) is 6.93. The first-order chi connectivity index (χ1) is 9.69. The van der Waals surface area contributed by atoms with E-state index < -0.39 is 0 Å². The Morgan fingerprint density at radius 3 is 2.70 bits per heavy atom. The molecule has 1 aromatic heterocycles. The van der Waals surface area contributed by atoms with Gasteiger partial charge in [-0.15, -0.1) is 0 Å². The number of amides is 1. The molecule has 4 heteroatoms. The van der Waals surface area contributed by atoms with Gasteiger partial charge in [-0.05, 0) is 43.9 Å². The summed E-state index contributed by atoms with van der Waals surface area (Å²) in [6.07, 6.45) is 8.10. The van der Waals surface area contributed by atoms with Crippen molar-refractivity contribution >= 4 is 5.91 Å². The molecule has 2 rings (SSSR count). The highest BCUT2D eigenvalue weighted by atomic mass is 16.3. The molecule has 20 heavy (non-hydrogen) atoms. The van der Waals surface area contributed by atoms with Gasteiger partial charge in [0, 0.05) is 13.0 Å². The summed E-state index contributed by atoms with van der Waals surface area (Å²) in [6, 6.07) is 3.77. The summed E-state index contributed by atoms with van der Waals surface area (Å²) < 4.78 is 5.34. The molecule has 0 atom stereocenters. The number of rotatable bonds is 6. The number of hydrogen-bond donors (Lipinski definition) is 1. The number of carbonyl (C=O) groups is 1. The Morgan fingerprint density at radius 2 is 2.15 bits per heavy atom. The van der Waals surface area contributed by atoms with Crippen LogP contribution in [0, 0.1) is 5.41 Å². The predicted molar refractivity (Wildman–Crippen MR) is 79.0 cm³/mol. The van der Waals surface area contributed by atoms with Gasteiger partial charge in [0.2, 0.25) is 5.91 Å². The number of nitrogens with two attached hydrogens (primary N) is 1. The van der Waals surface area contributed by atoms with Crippen LogP contribution in [0.4, 0.5) is 0 Å². The minimum atomic E-state index is 0.0336. The Balaban J connectivity index is 1.97. The molecule has 1 saturated carbocycles. The quantitative estimate of drug-likeness (QED) is 0.870. The van der Waals surface area contributed by atoms with Crippen molar-refractivity contribution in [2.45, 2.75) is 52.0 Å². The summed E-state index contributed by atoms with van der Waals surface area (Å²) in [7, 11) is 0. The number of carbonyl (C=O) groups excluding carboxylic acids is 1. The largest absolute Gasteiger partial charge is 0.467 e. The van der Waals surface area contributed by atoms with Gasteiger partial charge in [0.1, 0.15) is 5.76 Å². The Labute approximate surface area is 121 Å². The van der Waals surface area contributed by atoms with Crippen molar-refractivity contribution < 1.29 is 9.21 Å². The van der Waals surface area contributed by atoms with Gasteiger partial charge >= 0.3 is 0 Å². The predicted octanol–water partition coefficient (Wildman–Crippen LogP) is 2.93. The molecule has 1 amide bonds. The maximum Gasteiger partial charge on any atom is 0.223 e. The molecule has 0 radical (unpaired) electrons. The SMILES string of the molecule is CCN(Cc1ccco1)C(=O)CC1(CN)CCCCC1. The van der Waals surface area contributed by atoms with Crippen molar-refractivity contribution in [3.05, 3.63) is 24.2 Å².